The highest BCUT2D eigenvalue weighted by molar-refractivity contribution is 14.1. The van der Waals surface area contributed by atoms with Crippen LogP contribution in [-0.4, -0.2) is 21.4 Å². The highest BCUT2D eigenvalue weighted by Crippen LogP contribution is 2.36. The topological polar surface area (TPSA) is 105 Å². The van der Waals surface area contributed by atoms with E-state index < -0.39 is 16.0 Å². The Balaban J connectivity index is 1.90. The van der Waals surface area contributed by atoms with Gasteiger partial charge in [-0.15, -0.1) is 0 Å². The van der Waals surface area contributed by atoms with Crippen LogP contribution in [0.4, 0.5) is 5.69 Å². The molecular weight excluding hydrogens is 635 g/mol. The van der Waals surface area contributed by atoms with E-state index in [1.807, 2.05) is 35.6 Å². The lowest BCUT2D eigenvalue weighted by atomic mass is 10.1. The molecule has 0 heterocycles. The molecule has 3 aromatic carbocycles. The number of methoxy groups -OCH3 is 1. The number of aryl methyl sites for hydroxylation is 1. The lowest BCUT2D eigenvalue weighted by molar-refractivity contribution is -0.112. The van der Waals surface area contributed by atoms with E-state index in [9.17, 15) is 18.5 Å². The Kier molecular flexibility index (Phi) is 8.35. The van der Waals surface area contributed by atoms with E-state index >= 15 is 0 Å². The monoisotopic (exact) mass is 652 g/mol. The van der Waals surface area contributed by atoms with Crippen molar-refractivity contribution >= 4 is 66.3 Å². The molecule has 0 aliphatic rings. The Morgan fingerprint density at radius 1 is 1.12 bits per heavy atom. The molecule has 0 aromatic heterocycles. The van der Waals surface area contributed by atoms with E-state index in [1.54, 1.807) is 42.5 Å². The second-order valence-corrected chi connectivity index (χ2v) is 10.6. The highest BCUT2D eigenvalue weighted by atomic mass is 127. The van der Waals surface area contributed by atoms with E-state index in [0.717, 1.165) is 10.0 Å². The van der Waals surface area contributed by atoms with E-state index in [0.29, 0.717) is 14.8 Å². The summed E-state index contributed by atoms with van der Waals surface area (Å²) in [5, 5.41) is 12.2. The van der Waals surface area contributed by atoms with Crippen molar-refractivity contribution in [3.63, 3.8) is 0 Å². The van der Waals surface area contributed by atoms with Crippen molar-refractivity contribution in [3.05, 3.63) is 85.4 Å². The van der Waals surface area contributed by atoms with Crippen LogP contribution in [0.3, 0.4) is 0 Å². The number of nitrogens with zero attached hydrogens (tertiary/aromatic N) is 1. The number of hydrogen-bond donors (Lipinski definition) is 1. The summed E-state index contributed by atoms with van der Waals surface area (Å²) in [6.45, 7) is 1.85. The molecule has 0 saturated heterocycles. The maximum Gasteiger partial charge on any atom is 0.339 e. The zero-order valence-corrected chi connectivity index (χ0v) is 22.6. The van der Waals surface area contributed by atoms with Gasteiger partial charge in [-0.3, -0.25) is 4.79 Å². The van der Waals surface area contributed by atoms with Crippen LogP contribution in [0.2, 0.25) is 0 Å². The standard InChI is InChI=1S/C24H18BrIN2O5S/c1-15-3-9-20(10-4-15)34(30,31)33-23-21(26)12-16(13-22(23)32-2)11-17(14-27)24(29)28-19-7-5-18(25)6-8-19/h3-13H,1-2H3,(H,28,29). The summed E-state index contributed by atoms with van der Waals surface area (Å²) in [4.78, 5) is 12.6. The molecule has 0 fully saturated rings. The second-order valence-electron chi connectivity index (χ2n) is 7.02. The third-order valence-electron chi connectivity index (χ3n) is 4.53. The molecule has 0 aliphatic heterocycles. The quantitative estimate of drug-likeness (QED) is 0.152. The molecule has 10 heteroatoms. The van der Waals surface area contributed by atoms with Crippen molar-refractivity contribution in [2.45, 2.75) is 11.8 Å². The molecule has 174 valence electrons. The maximum atomic E-state index is 12.7. The number of ether oxygens (including phenoxy) is 1. The summed E-state index contributed by atoms with van der Waals surface area (Å²) in [6.07, 6.45) is 1.39. The first-order valence-electron chi connectivity index (χ1n) is 9.70. The van der Waals surface area contributed by atoms with Crippen molar-refractivity contribution in [1.82, 2.24) is 0 Å². The Hall–Kier alpha value is -2.88. The first-order valence-corrected chi connectivity index (χ1v) is 13.0. The second kappa shape index (κ2) is 11.0. The molecule has 0 spiro atoms. The number of rotatable bonds is 7. The molecule has 0 unspecified atom stereocenters. The molecule has 7 nitrogen and oxygen atoms in total. The third-order valence-corrected chi connectivity index (χ3v) is 7.10. The highest BCUT2D eigenvalue weighted by Gasteiger charge is 2.22. The maximum absolute atomic E-state index is 12.7. The molecule has 3 rings (SSSR count). The fourth-order valence-electron chi connectivity index (χ4n) is 2.81. The summed E-state index contributed by atoms with van der Waals surface area (Å²) in [5.74, 6) is -0.431. The number of anilines is 1. The van der Waals surface area contributed by atoms with E-state index in [-0.39, 0.29) is 22.0 Å². The van der Waals surface area contributed by atoms with Crippen molar-refractivity contribution in [2.75, 3.05) is 12.4 Å². The molecule has 0 radical (unpaired) electrons. The van der Waals surface area contributed by atoms with Gasteiger partial charge in [0.1, 0.15) is 16.5 Å². The fraction of sp³-hybridized carbons (Fsp3) is 0.0833. The number of amides is 1. The van der Waals surface area contributed by atoms with Gasteiger partial charge in [0.25, 0.3) is 5.91 Å². The number of nitrogens with one attached hydrogen (secondary N) is 1. The molecule has 1 amide bonds. The zero-order valence-electron chi connectivity index (χ0n) is 18.0. The predicted molar refractivity (Wildman–Crippen MR) is 141 cm³/mol. The van der Waals surface area contributed by atoms with Crippen LogP contribution in [0, 0.1) is 21.8 Å². The minimum Gasteiger partial charge on any atom is -0.493 e. The van der Waals surface area contributed by atoms with Crippen LogP contribution in [0.1, 0.15) is 11.1 Å². The van der Waals surface area contributed by atoms with Gasteiger partial charge in [-0.2, -0.15) is 13.7 Å². The molecule has 34 heavy (non-hydrogen) atoms. The average molecular weight is 653 g/mol. The van der Waals surface area contributed by atoms with Crippen LogP contribution in [0.5, 0.6) is 11.5 Å². The number of nitriles is 1. The zero-order chi connectivity index (χ0) is 24.9. The van der Waals surface area contributed by atoms with Crippen molar-refractivity contribution in [2.24, 2.45) is 0 Å². The van der Waals surface area contributed by atoms with Crippen LogP contribution < -0.4 is 14.2 Å². The van der Waals surface area contributed by atoms with Gasteiger partial charge in [-0.1, -0.05) is 33.6 Å². The summed E-state index contributed by atoms with van der Waals surface area (Å²) >= 11 is 5.23. The van der Waals surface area contributed by atoms with Gasteiger partial charge in [-0.05, 0) is 89.7 Å². The Labute approximate surface area is 219 Å². The summed E-state index contributed by atoms with van der Waals surface area (Å²) in [6, 6.07) is 18.2. The van der Waals surface area contributed by atoms with Gasteiger partial charge >= 0.3 is 10.1 Å². The summed E-state index contributed by atoms with van der Waals surface area (Å²) < 4.78 is 37.5. The lowest BCUT2D eigenvalue weighted by Crippen LogP contribution is -2.13. The average Bonchev–Trinajstić information content (AvgIpc) is 2.80. The molecule has 3 aromatic rings. The Morgan fingerprint density at radius 3 is 2.35 bits per heavy atom. The number of hydrogen-bond acceptors (Lipinski definition) is 6. The molecule has 0 bridgehead atoms. The van der Waals surface area contributed by atoms with Gasteiger partial charge in [-0.25, -0.2) is 0 Å². The van der Waals surface area contributed by atoms with Crippen molar-refractivity contribution in [1.29, 1.82) is 5.26 Å². The van der Waals surface area contributed by atoms with Crippen LogP contribution in [-0.2, 0) is 14.9 Å². The fourth-order valence-corrected chi connectivity index (χ4v) is 4.92. The molecule has 0 aliphatic carbocycles. The summed E-state index contributed by atoms with van der Waals surface area (Å²) in [7, 11) is -2.73. The van der Waals surface area contributed by atoms with Crippen LogP contribution >= 0.6 is 38.5 Å². The van der Waals surface area contributed by atoms with Gasteiger partial charge < -0.3 is 14.2 Å². The summed E-state index contributed by atoms with van der Waals surface area (Å²) in [5.41, 5.74) is 1.77. The van der Waals surface area contributed by atoms with E-state index in [1.165, 1.54) is 31.4 Å². The molecular formula is C24H18BrIN2O5S. The minimum absolute atomic E-state index is 0.0105. The Bertz CT molecular complexity index is 1400. The SMILES string of the molecule is COc1cc(C=C(C#N)C(=O)Nc2ccc(Br)cc2)cc(I)c1OS(=O)(=O)c1ccc(C)cc1. The molecule has 0 saturated carbocycles. The number of carbonyl (C=O) groups excluding carboxylic acids is 1. The third kappa shape index (κ3) is 6.37. The smallest absolute Gasteiger partial charge is 0.339 e. The van der Waals surface area contributed by atoms with Crippen LogP contribution in [0.15, 0.2) is 75.6 Å². The van der Waals surface area contributed by atoms with E-state index in [2.05, 4.69) is 21.2 Å². The van der Waals surface area contributed by atoms with Crippen LogP contribution in [0.25, 0.3) is 6.08 Å². The molecule has 1 N–H and O–H groups in total. The predicted octanol–water partition coefficient (Wildman–Crippen LogP) is 5.68. The van der Waals surface area contributed by atoms with Crippen molar-refractivity contribution in [3.8, 4) is 17.6 Å². The normalized spacial score (nSPS) is 11.4. The van der Waals surface area contributed by atoms with Crippen molar-refractivity contribution < 1.29 is 22.1 Å². The van der Waals surface area contributed by atoms with Gasteiger partial charge in [0, 0.05) is 10.2 Å². The number of halogens is 2. The lowest BCUT2D eigenvalue weighted by Gasteiger charge is -2.14. The van der Waals surface area contributed by atoms with Gasteiger partial charge in [0.05, 0.1) is 10.7 Å². The largest absolute Gasteiger partial charge is 0.493 e. The van der Waals surface area contributed by atoms with Gasteiger partial charge in [0.2, 0.25) is 0 Å². The van der Waals surface area contributed by atoms with Gasteiger partial charge in [0.15, 0.2) is 11.5 Å². The number of benzene rings is 3. The Morgan fingerprint density at radius 2 is 1.76 bits per heavy atom. The minimum atomic E-state index is -4.10. The van der Waals surface area contributed by atoms with E-state index in [4.69, 9.17) is 8.92 Å². The molecule has 0 atom stereocenters. The number of carbonyl (C=O) groups is 1. The first kappa shape index (κ1) is 25.7. The first-order chi connectivity index (χ1) is 16.1.